The van der Waals surface area contributed by atoms with E-state index in [1.54, 1.807) is 11.1 Å². The van der Waals surface area contributed by atoms with Crippen LogP contribution in [-0.2, 0) is 4.79 Å². The van der Waals surface area contributed by atoms with Crippen LogP contribution in [0.2, 0.25) is 0 Å². The van der Waals surface area contributed by atoms with Crippen molar-refractivity contribution in [2.24, 2.45) is 28.6 Å². The Bertz CT molecular complexity index is 653. The third-order valence-electron chi connectivity index (χ3n) is 8.79. The predicted octanol–water partition coefficient (Wildman–Crippen LogP) is 6.18. The van der Waals surface area contributed by atoms with Crippen molar-refractivity contribution in [3.8, 4) is 0 Å². The number of fused-ring (bicyclic) bond motifs is 3. The molecule has 2 nitrogen and oxygen atoms in total. The molecule has 4 rings (SSSR count). The Balaban J connectivity index is 1.61. The van der Waals surface area contributed by atoms with E-state index in [9.17, 15) is 4.79 Å². The first kappa shape index (κ1) is 19.3. The Morgan fingerprint density at radius 1 is 1.11 bits per heavy atom. The minimum Gasteiger partial charge on any atom is -0.353 e. The van der Waals surface area contributed by atoms with Crippen molar-refractivity contribution >= 4 is 5.91 Å². The summed E-state index contributed by atoms with van der Waals surface area (Å²) < 4.78 is 0. The lowest BCUT2D eigenvalue weighted by atomic mass is 9.46. The Morgan fingerprint density at radius 2 is 1.85 bits per heavy atom. The lowest BCUT2D eigenvalue weighted by Gasteiger charge is -2.57. The Hall–Kier alpha value is -1.05. The molecule has 2 saturated carbocycles. The van der Waals surface area contributed by atoms with Crippen molar-refractivity contribution in [3.63, 3.8) is 0 Å². The van der Waals surface area contributed by atoms with Gasteiger partial charge in [-0.25, -0.2) is 0 Å². The van der Waals surface area contributed by atoms with Gasteiger partial charge in [0.1, 0.15) is 0 Å². The molecule has 0 aromatic rings. The first-order chi connectivity index (χ1) is 12.8. The summed E-state index contributed by atoms with van der Waals surface area (Å²) in [6.45, 7) is 9.45. The maximum Gasteiger partial charge on any atom is 0.226 e. The zero-order valence-corrected chi connectivity index (χ0v) is 17.9. The van der Waals surface area contributed by atoms with Gasteiger partial charge in [0, 0.05) is 6.04 Å². The molecule has 1 amide bonds. The van der Waals surface area contributed by atoms with Gasteiger partial charge in [0.2, 0.25) is 5.91 Å². The Kier molecular flexibility index (Phi) is 5.06. The SMILES string of the molecule is CC(C)C1=CC2=CC[C@@H]3[C@](C)(CCC[C@@]3(C)C(=O)NC3CCCC3)[C@H]2CC1. The molecule has 2 fully saturated rings. The molecule has 150 valence electrons. The highest BCUT2D eigenvalue weighted by Gasteiger charge is 2.57. The van der Waals surface area contributed by atoms with Crippen LogP contribution in [0.4, 0.5) is 0 Å². The lowest BCUT2D eigenvalue weighted by molar-refractivity contribution is -0.145. The highest BCUT2D eigenvalue weighted by atomic mass is 16.2. The molecule has 0 aliphatic heterocycles. The van der Waals surface area contributed by atoms with Crippen molar-refractivity contribution in [3.05, 3.63) is 23.3 Å². The highest BCUT2D eigenvalue weighted by Crippen LogP contribution is 2.62. The fourth-order valence-corrected chi connectivity index (χ4v) is 7.04. The van der Waals surface area contributed by atoms with Crippen LogP contribution in [0, 0.1) is 28.6 Å². The minimum absolute atomic E-state index is 0.195. The van der Waals surface area contributed by atoms with Crippen molar-refractivity contribution in [1.29, 1.82) is 0 Å². The molecule has 4 aliphatic rings. The number of carbonyl (C=O) groups excluding carboxylic acids is 1. The highest BCUT2D eigenvalue weighted by molar-refractivity contribution is 5.83. The molecule has 0 bridgehead atoms. The van der Waals surface area contributed by atoms with Crippen LogP contribution in [0.5, 0.6) is 0 Å². The zero-order chi connectivity index (χ0) is 19.2. The number of carbonyl (C=O) groups is 1. The van der Waals surface area contributed by atoms with Crippen LogP contribution in [0.25, 0.3) is 0 Å². The first-order valence-electron chi connectivity index (χ1n) is 11.6. The third-order valence-corrected chi connectivity index (χ3v) is 8.79. The van der Waals surface area contributed by atoms with Crippen molar-refractivity contribution in [1.82, 2.24) is 5.32 Å². The molecule has 1 N–H and O–H groups in total. The summed E-state index contributed by atoms with van der Waals surface area (Å²) in [5.41, 5.74) is 3.30. The van der Waals surface area contributed by atoms with E-state index in [0.717, 1.165) is 12.8 Å². The van der Waals surface area contributed by atoms with Crippen LogP contribution in [0.1, 0.15) is 91.9 Å². The molecule has 0 unspecified atom stereocenters. The maximum absolute atomic E-state index is 13.4. The standard InChI is InChI=1S/C25H39NO/c1-17(2)18-10-12-21-19(16-18)11-13-22-24(21,3)14-7-15-25(22,4)23(27)26-20-8-5-6-9-20/h11,16-17,20-22H,5-10,12-15H2,1-4H3,(H,26,27)/t21-,22+,24+,25+/m0/s1. The molecule has 27 heavy (non-hydrogen) atoms. The monoisotopic (exact) mass is 369 g/mol. The average molecular weight is 370 g/mol. The predicted molar refractivity (Wildman–Crippen MR) is 112 cm³/mol. The number of amides is 1. The fraction of sp³-hybridized carbons (Fsp3) is 0.800. The molecule has 4 aliphatic carbocycles. The van der Waals surface area contributed by atoms with Gasteiger partial charge < -0.3 is 5.32 Å². The number of nitrogens with one attached hydrogen (secondary N) is 1. The number of allylic oxidation sites excluding steroid dienone is 4. The van der Waals surface area contributed by atoms with Crippen LogP contribution >= 0.6 is 0 Å². The molecule has 0 saturated heterocycles. The van der Waals surface area contributed by atoms with Gasteiger partial charge in [-0.15, -0.1) is 0 Å². The topological polar surface area (TPSA) is 29.1 Å². The summed E-state index contributed by atoms with van der Waals surface area (Å²) >= 11 is 0. The maximum atomic E-state index is 13.4. The van der Waals surface area contributed by atoms with Gasteiger partial charge >= 0.3 is 0 Å². The second kappa shape index (κ2) is 7.08. The molecule has 0 radical (unpaired) electrons. The summed E-state index contributed by atoms with van der Waals surface area (Å²) in [5.74, 6) is 2.16. The van der Waals surface area contributed by atoms with Crippen molar-refractivity contribution in [2.45, 2.75) is 97.9 Å². The quantitative estimate of drug-likeness (QED) is 0.632. The molecular formula is C25H39NO. The number of hydrogen-bond acceptors (Lipinski definition) is 1. The molecule has 2 heteroatoms. The molecule has 4 atom stereocenters. The van der Waals surface area contributed by atoms with E-state index in [-0.39, 0.29) is 10.8 Å². The summed E-state index contributed by atoms with van der Waals surface area (Å²) in [5, 5.41) is 3.46. The van der Waals surface area contributed by atoms with Crippen LogP contribution < -0.4 is 5.32 Å². The van der Waals surface area contributed by atoms with Crippen LogP contribution in [-0.4, -0.2) is 11.9 Å². The van der Waals surface area contributed by atoms with Gasteiger partial charge in [0.15, 0.2) is 0 Å². The zero-order valence-electron chi connectivity index (χ0n) is 17.9. The number of rotatable bonds is 3. The lowest BCUT2D eigenvalue weighted by Crippen LogP contribution is -2.56. The van der Waals surface area contributed by atoms with Gasteiger partial charge in [-0.05, 0) is 73.7 Å². The second-order valence-corrected chi connectivity index (χ2v) is 10.7. The third kappa shape index (κ3) is 3.21. The summed E-state index contributed by atoms with van der Waals surface area (Å²) in [4.78, 5) is 13.4. The van der Waals surface area contributed by atoms with Crippen LogP contribution in [0.15, 0.2) is 23.3 Å². The first-order valence-corrected chi connectivity index (χ1v) is 11.6. The largest absolute Gasteiger partial charge is 0.353 e. The normalized spacial score (nSPS) is 39.4. The van der Waals surface area contributed by atoms with Gasteiger partial charge in [-0.2, -0.15) is 0 Å². The summed E-state index contributed by atoms with van der Waals surface area (Å²) in [6.07, 6.45) is 17.1. The van der Waals surface area contributed by atoms with E-state index >= 15 is 0 Å². The van der Waals surface area contributed by atoms with Gasteiger partial charge in [-0.3, -0.25) is 4.79 Å². The molecule has 0 heterocycles. The smallest absolute Gasteiger partial charge is 0.226 e. The molecular weight excluding hydrogens is 330 g/mol. The van der Waals surface area contributed by atoms with E-state index < -0.39 is 0 Å². The minimum atomic E-state index is -0.195. The van der Waals surface area contributed by atoms with Crippen LogP contribution in [0.3, 0.4) is 0 Å². The van der Waals surface area contributed by atoms with E-state index in [1.165, 1.54) is 51.4 Å². The Morgan fingerprint density at radius 3 is 2.56 bits per heavy atom. The number of hydrogen-bond donors (Lipinski definition) is 1. The van der Waals surface area contributed by atoms with E-state index in [0.29, 0.717) is 29.7 Å². The van der Waals surface area contributed by atoms with E-state index in [2.05, 4.69) is 45.2 Å². The fourth-order valence-electron chi connectivity index (χ4n) is 7.04. The molecule has 0 aromatic carbocycles. The second-order valence-electron chi connectivity index (χ2n) is 10.7. The van der Waals surface area contributed by atoms with E-state index in [4.69, 9.17) is 0 Å². The summed E-state index contributed by atoms with van der Waals surface area (Å²) in [6, 6.07) is 0.434. The van der Waals surface area contributed by atoms with Crippen molar-refractivity contribution in [2.75, 3.05) is 0 Å². The van der Waals surface area contributed by atoms with Gasteiger partial charge in [-0.1, -0.05) is 64.7 Å². The van der Waals surface area contributed by atoms with Crippen molar-refractivity contribution < 1.29 is 4.79 Å². The Labute approximate surface area is 166 Å². The van der Waals surface area contributed by atoms with Gasteiger partial charge in [0.05, 0.1) is 5.41 Å². The summed E-state index contributed by atoms with van der Waals surface area (Å²) in [7, 11) is 0. The van der Waals surface area contributed by atoms with E-state index in [1.807, 2.05) is 0 Å². The molecule has 0 aromatic heterocycles. The molecule has 0 spiro atoms. The average Bonchev–Trinajstić information content (AvgIpc) is 3.14. The van der Waals surface area contributed by atoms with Gasteiger partial charge in [0.25, 0.3) is 0 Å².